The summed E-state index contributed by atoms with van der Waals surface area (Å²) in [4.78, 5) is 0. The van der Waals surface area contributed by atoms with Gasteiger partial charge in [-0.3, -0.25) is 4.72 Å². The second-order valence-electron chi connectivity index (χ2n) is 4.93. The summed E-state index contributed by atoms with van der Waals surface area (Å²) in [6.45, 7) is 3.83. The van der Waals surface area contributed by atoms with E-state index in [4.69, 9.17) is 0 Å². The second kappa shape index (κ2) is 5.08. The smallest absolute Gasteiger partial charge is 0.395 e. The van der Waals surface area contributed by atoms with Crippen molar-refractivity contribution in [3.63, 3.8) is 0 Å². The molecule has 1 heterocycles. The number of sulfonamides is 1. The largest absolute Gasteiger partial charge is 0.586 e. The molecule has 1 aromatic carbocycles. The van der Waals surface area contributed by atoms with Gasteiger partial charge in [-0.2, -0.15) is 0 Å². The van der Waals surface area contributed by atoms with Crippen molar-refractivity contribution in [2.75, 3.05) is 10.5 Å². The number of hydrogen-bond donors (Lipinski definition) is 1. The highest BCUT2D eigenvalue weighted by Crippen LogP contribution is 2.42. The molecular weight excluding hydrogens is 292 g/mol. The molecule has 1 aliphatic rings. The standard InChI is InChI=1S/C12H15F2NO4S/c1-8(2)5-6-20(16,17)15-9-3-4-10-11(7-9)19-12(13,14)18-10/h3-4,7-8,15H,5-6H2,1-2H3. The van der Waals surface area contributed by atoms with Crippen LogP contribution in [0.2, 0.25) is 0 Å². The van der Waals surface area contributed by atoms with E-state index >= 15 is 0 Å². The summed E-state index contributed by atoms with van der Waals surface area (Å²) >= 11 is 0. The van der Waals surface area contributed by atoms with Crippen LogP contribution in [-0.4, -0.2) is 20.5 Å². The second-order valence-corrected chi connectivity index (χ2v) is 6.77. The molecule has 0 fully saturated rings. The lowest BCUT2D eigenvalue weighted by Gasteiger charge is -2.09. The van der Waals surface area contributed by atoms with Crippen molar-refractivity contribution in [1.82, 2.24) is 0 Å². The molecule has 2 rings (SSSR count). The molecule has 0 unspecified atom stereocenters. The number of rotatable bonds is 5. The highest BCUT2D eigenvalue weighted by molar-refractivity contribution is 7.92. The lowest BCUT2D eigenvalue weighted by atomic mass is 10.2. The Morgan fingerprint density at radius 1 is 1.25 bits per heavy atom. The van der Waals surface area contributed by atoms with E-state index in [9.17, 15) is 17.2 Å². The zero-order valence-electron chi connectivity index (χ0n) is 11.0. The van der Waals surface area contributed by atoms with Gasteiger partial charge in [0.05, 0.1) is 11.4 Å². The Kier molecular flexibility index (Phi) is 3.77. The quantitative estimate of drug-likeness (QED) is 0.908. The molecule has 8 heteroatoms. The molecule has 0 saturated heterocycles. The summed E-state index contributed by atoms with van der Waals surface area (Å²) in [6.07, 6.45) is -3.20. The number of fused-ring (bicyclic) bond motifs is 1. The van der Waals surface area contributed by atoms with E-state index in [1.54, 1.807) is 0 Å². The van der Waals surface area contributed by atoms with Crippen LogP contribution >= 0.6 is 0 Å². The number of anilines is 1. The van der Waals surface area contributed by atoms with Crippen molar-refractivity contribution >= 4 is 15.7 Å². The summed E-state index contributed by atoms with van der Waals surface area (Å²) in [5.74, 6) is -0.101. The van der Waals surface area contributed by atoms with E-state index in [-0.39, 0.29) is 28.9 Å². The first-order chi connectivity index (χ1) is 9.17. The van der Waals surface area contributed by atoms with Gasteiger partial charge < -0.3 is 9.47 Å². The van der Waals surface area contributed by atoms with Crippen molar-refractivity contribution in [2.45, 2.75) is 26.6 Å². The summed E-state index contributed by atoms with van der Waals surface area (Å²) in [5, 5.41) is 0. The molecule has 1 N–H and O–H groups in total. The van der Waals surface area contributed by atoms with Crippen LogP contribution in [0.4, 0.5) is 14.5 Å². The van der Waals surface area contributed by atoms with Gasteiger partial charge in [0.25, 0.3) is 0 Å². The average Bonchev–Trinajstić information content (AvgIpc) is 2.59. The summed E-state index contributed by atoms with van der Waals surface area (Å²) in [5.41, 5.74) is 0.161. The van der Waals surface area contributed by atoms with Crippen molar-refractivity contribution in [3.8, 4) is 11.5 Å². The molecule has 0 atom stereocenters. The van der Waals surface area contributed by atoms with Crippen LogP contribution in [0.1, 0.15) is 20.3 Å². The number of alkyl halides is 2. The van der Waals surface area contributed by atoms with E-state index in [0.29, 0.717) is 6.42 Å². The molecule has 112 valence electrons. The maximum atomic E-state index is 12.8. The fourth-order valence-corrected chi connectivity index (χ4v) is 3.00. The Hall–Kier alpha value is -1.57. The van der Waals surface area contributed by atoms with E-state index in [1.165, 1.54) is 18.2 Å². The number of ether oxygens (including phenoxy) is 2. The molecule has 5 nitrogen and oxygen atoms in total. The third-order valence-electron chi connectivity index (χ3n) is 2.64. The summed E-state index contributed by atoms with van der Waals surface area (Å²) in [6, 6.07) is 3.75. The van der Waals surface area contributed by atoms with Crippen molar-refractivity contribution in [2.24, 2.45) is 5.92 Å². The van der Waals surface area contributed by atoms with Gasteiger partial charge in [0.15, 0.2) is 11.5 Å². The summed E-state index contributed by atoms with van der Waals surface area (Å²) < 4.78 is 60.1. The Balaban J connectivity index is 2.09. The van der Waals surface area contributed by atoms with Crippen LogP contribution in [0.5, 0.6) is 11.5 Å². The van der Waals surface area contributed by atoms with Gasteiger partial charge >= 0.3 is 6.29 Å². The predicted molar refractivity (Wildman–Crippen MR) is 69.5 cm³/mol. The molecule has 0 amide bonds. The first-order valence-corrected chi connectivity index (χ1v) is 7.72. The van der Waals surface area contributed by atoms with Crippen LogP contribution < -0.4 is 14.2 Å². The maximum Gasteiger partial charge on any atom is 0.586 e. The lowest BCUT2D eigenvalue weighted by Crippen LogP contribution is -2.25. The Labute approximate surface area is 115 Å². The first-order valence-electron chi connectivity index (χ1n) is 6.07. The fourth-order valence-electron chi connectivity index (χ4n) is 1.63. The molecular formula is C12H15F2NO4S. The Morgan fingerprint density at radius 3 is 2.55 bits per heavy atom. The van der Waals surface area contributed by atoms with Crippen molar-refractivity contribution in [3.05, 3.63) is 18.2 Å². The third-order valence-corrected chi connectivity index (χ3v) is 3.96. The normalized spacial score (nSPS) is 16.4. The highest BCUT2D eigenvalue weighted by Gasteiger charge is 2.43. The predicted octanol–water partition coefficient (Wildman–Crippen LogP) is 2.80. The maximum absolute atomic E-state index is 12.8. The number of hydrogen-bond acceptors (Lipinski definition) is 4. The minimum atomic E-state index is -3.71. The van der Waals surface area contributed by atoms with Crippen LogP contribution in [0, 0.1) is 5.92 Å². The van der Waals surface area contributed by atoms with E-state index in [1.807, 2.05) is 13.8 Å². The van der Waals surface area contributed by atoms with E-state index < -0.39 is 16.3 Å². The average molecular weight is 307 g/mol. The Morgan fingerprint density at radius 2 is 1.90 bits per heavy atom. The van der Waals surface area contributed by atoms with E-state index in [0.717, 1.165) is 0 Å². The zero-order valence-corrected chi connectivity index (χ0v) is 11.8. The molecule has 0 radical (unpaired) electrons. The van der Waals surface area contributed by atoms with Gasteiger partial charge in [-0.25, -0.2) is 8.42 Å². The van der Waals surface area contributed by atoms with Gasteiger partial charge in [0, 0.05) is 6.07 Å². The molecule has 0 saturated carbocycles. The van der Waals surface area contributed by atoms with Gasteiger partial charge in [0.2, 0.25) is 10.0 Å². The van der Waals surface area contributed by atoms with Gasteiger partial charge in [-0.1, -0.05) is 13.8 Å². The van der Waals surface area contributed by atoms with Gasteiger partial charge in [-0.05, 0) is 24.5 Å². The lowest BCUT2D eigenvalue weighted by molar-refractivity contribution is -0.286. The van der Waals surface area contributed by atoms with E-state index in [2.05, 4.69) is 14.2 Å². The minimum absolute atomic E-state index is 0.0325. The molecule has 0 aromatic heterocycles. The molecule has 1 aromatic rings. The SMILES string of the molecule is CC(C)CCS(=O)(=O)Nc1ccc2c(c1)OC(F)(F)O2. The highest BCUT2D eigenvalue weighted by atomic mass is 32.2. The fraction of sp³-hybridized carbons (Fsp3) is 0.500. The molecule has 0 aliphatic carbocycles. The first kappa shape index (κ1) is 14.8. The van der Waals surface area contributed by atoms with Crippen LogP contribution in [0.3, 0.4) is 0 Å². The molecule has 20 heavy (non-hydrogen) atoms. The van der Waals surface area contributed by atoms with Crippen LogP contribution in [-0.2, 0) is 10.0 Å². The monoisotopic (exact) mass is 307 g/mol. The number of halogens is 2. The third kappa shape index (κ3) is 3.72. The van der Waals surface area contributed by atoms with Crippen LogP contribution in [0.15, 0.2) is 18.2 Å². The van der Waals surface area contributed by atoms with Crippen molar-refractivity contribution < 1.29 is 26.7 Å². The van der Waals surface area contributed by atoms with Crippen LogP contribution in [0.25, 0.3) is 0 Å². The summed E-state index contributed by atoms with van der Waals surface area (Å²) in [7, 11) is -3.51. The molecule has 0 bridgehead atoms. The number of nitrogens with one attached hydrogen (secondary N) is 1. The molecule has 0 spiro atoms. The number of benzene rings is 1. The topological polar surface area (TPSA) is 64.6 Å². The zero-order chi connectivity index (χ0) is 15.0. The molecule has 1 aliphatic heterocycles. The van der Waals surface area contributed by atoms with Crippen molar-refractivity contribution in [1.29, 1.82) is 0 Å². The van der Waals surface area contributed by atoms with Gasteiger partial charge in [0.1, 0.15) is 0 Å². The minimum Gasteiger partial charge on any atom is -0.395 e. The van der Waals surface area contributed by atoms with Gasteiger partial charge in [-0.15, -0.1) is 8.78 Å². The Bertz CT molecular complexity index is 601.